The van der Waals surface area contributed by atoms with Crippen molar-refractivity contribution in [3.63, 3.8) is 0 Å². The minimum atomic E-state index is -0.381. The number of H-pyrrole nitrogens is 1. The number of hydrogen-bond acceptors (Lipinski definition) is 5. The summed E-state index contributed by atoms with van der Waals surface area (Å²) >= 11 is 1.35. The zero-order valence-corrected chi connectivity index (χ0v) is 11.1. The maximum absolute atomic E-state index is 11.1. The molecule has 0 fully saturated rings. The van der Waals surface area contributed by atoms with Crippen molar-refractivity contribution >= 4 is 45.2 Å². The maximum Gasteiger partial charge on any atom is 0.279 e. The van der Waals surface area contributed by atoms with Crippen LogP contribution in [-0.4, -0.2) is 14.9 Å². The molecule has 0 atom stereocenters. The van der Waals surface area contributed by atoms with Gasteiger partial charge >= 0.3 is 0 Å². The normalized spacial score (nSPS) is 11.4. The molecule has 0 aliphatic heterocycles. The first-order chi connectivity index (χ1) is 9.65. The second-order valence-electron chi connectivity index (χ2n) is 4.14. The molecule has 7 heteroatoms. The number of anilines is 1. The molecule has 3 aromatic rings. The van der Waals surface area contributed by atoms with E-state index in [1.165, 1.54) is 17.4 Å². The van der Waals surface area contributed by atoms with Crippen molar-refractivity contribution in [2.45, 2.75) is 0 Å². The van der Waals surface area contributed by atoms with Crippen LogP contribution in [-0.2, 0) is 0 Å². The number of nitro groups is 1. The number of fused-ring (bicyclic) bond motifs is 1. The van der Waals surface area contributed by atoms with Gasteiger partial charge in [-0.3, -0.25) is 10.1 Å². The number of thiazole rings is 1. The van der Waals surface area contributed by atoms with Crippen molar-refractivity contribution in [1.29, 1.82) is 0 Å². The van der Waals surface area contributed by atoms with E-state index >= 15 is 0 Å². The van der Waals surface area contributed by atoms with Gasteiger partial charge in [-0.1, -0.05) is 12.1 Å². The van der Waals surface area contributed by atoms with E-state index < -0.39 is 0 Å². The molecular weight excluding hydrogens is 276 g/mol. The number of aromatic amines is 1. The van der Waals surface area contributed by atoms with E-state index in [9.17, 15) is 10.1 Å². The number of nitrogens with two attached hydrogens (primary N) is 1. The predicted octanol–water partition coefficient (Wildman–Crippen LogP) is 3.29. The summed E-state index contributed by atoms with van der Waals surface area (Å²) in [6.07, 6.45) is 5.32. The molecule has 3 rings (SSSR count). The highest BCUT2D eigenvalue weighted by atomic mass is 32.1. The second-order valence-corrected chi connectivity index (χ2v) is 5.03. The average molecular weight is 286 g/mol. The lowest BCUT2D eigenvalue weighted by Crippen LogP contribution is -1.88. The van der Waals surface area contributed by atoms with Gasteiger partial charge in [0.15, 0.2) is 5.13 Å². The van der Waals surface area contributed by atoms with Crippen LogP contribution in [0.2, 0.25) is 0 Å². The Kier molecular flexibility index (Phi) is 2.96. The van der Waals surface area contributed by atoms with E-state index in [0.717, 1.165) is 16.8 Å². The van der Waals surface area contributed by atoms with E-state index in [-0.39, 0.29) is 10.6 Å². The fraction of sp³-hybridized carbons (Fsp3) is 0. The summed E-state index contributed by atoms with van der Waals surface area (Å²) in [6, 6.07) is 4.96. The van der Waals surface area contributed by atoms with Gasteiger partial charge in [0, 0.05) is 23.2 Å². The first-order valence-electron chi connectivity index (χ1n) is 5.79. The highest BCUT2D eigenvalue weighted by Crippen LogP contribution is 2.29. The molecule has 0 saturated heterocycles. The third-order valence-electron chi connectivity index (χ3n) is 2.88. The third kappa shape index (κ3) is 2.14. The largest absolute Gasteiger partial charge is 0.375 e. The molecule has 0 bridgehead atoms. The van der Waals surface area contributed by atoms with Gasteiger partial charge in [-0.05, 0) is 12.1 Å². The van der Waals surface area contributed by atoms with Crippen LogP contribution in [0.15, 0.2) is 29.8 Å². The Bertz CT molecular complexity index is 819. The molecule has 20 heavy (non-hydrogen) atoms. The molecule has 0 saturated carbocycles. The summed E-state index contributed by atoms with van der Waals surface area (Å²) in [5.74, 6) is 0. The molecule has 3 N–H and O–H groups in total. The molecule has 0 spiro atoms. The van der Waals surface area contributed by atoms with Gasteiger partial charge in [0.1, 0.15) is 0 Å². The molecule has 0 aliphatic carbocycles. The van der Waals surface area contributed by atoms with Crippen LogP contribution in [0.3, 0.4) is 0 Å². The monoisotopic (exact) mass is 286 g/mol. The number of nitrogen functional groups attached to an aromatic ring is 1. The van der Waals surface area contributed by atoms with Crippen molar-refractivity contribution in [3.05, 3.63) is 51.1 Å². The summed E-state index contributed by atoms with van der Waals surface area (Å²) in [4.78, 5) is 17.8. The second kappa shape index (κ2) is 4.78. The fourth-order valence-electron chi connectivity index (χ4n) is 2.03. The smallest absolute Gasteiger partial charge is 0.279 e. The Labute approximate surface area is 117 Å². The Morgan fingerprint density at radius 3 is 2.95 bits per heavy atom. The number of non-ortho nitro benzene ring substituents is 1. The quantitative estimate of drug-likeness (QED) is 0.570. The topological polar surface area (TPSA) is 97.8 Å². The predicted molar refractivity (Wildman–Crippen MR) is 80.4 cm³/mol. The van der Waals surface area contributed by atoms with Gasteiger partial charge in [0.25, 0.3) is 5.69 Å². The summed E-state index contributed by atoms with van der Waals surface area (Å²) < 4.78 is 0. The van der Waals surface area contributed by atoms with Gasteiger partial charge in [-0.2, -0.15) is 0 Å². The number of rotatable bonds is 3. The van der Waals surface area contributed by atoms with Crippen LogP contribution >= 0.6 is 11.3 Å². The first-order valence-corrected chi connectivity index (χ1v) is 6.66. The molecule has 2 aromatic heterocycles. The van der Waals surface area contributed by atoms with Gasteiger partial charge in [0.05, 0.1) is 21.5 Å². The molecule has 1 aromatic carbocycles. The average Bonchev–Trinajstić information content (AvgIpc) is 3.02. The summed E-state index contributed by atoms with van der Waals surface area (Å²) in [5.41, 5.74) is 7.86. The summed E-state index contributed by atoms with van der Waals surface area (Å²) in [5, 5.41) is 14.0. The molecule has 100 valence electrons. The molecule has 0 radical (unpaired) electrons. The lowest BCUT2D eigenvalue weighted by Gasteiger charge is -1.95. The Morgan fingerprint density at radius 1 is 1.40 bits per heavy atom. The van der Waals surface area contributed by atoms with Crippen molar-refractivity contribution in [2.24, 2.45) is 0 Å². The van der Waals surface area contributed by atoms with E-state index in [2.05, 4.69) is 9.97 Å². The van der Waals surface area contributed by atoms with Crippen LogP contribution in [0.1, 0.15) is 11.3 Å². The Morgan fingerprint density at radius 2 is 2.25 bits per heavy atom. The van der Waals surface area contributed by atoms with Crippen LogP contribution in [0.5, 0.6) is 0 Å². The van der Waals surface area contributed by atoms with Gasteiger partial charge < -0.3 is 10.7 Å². The molecule has 0 aliphatic rings. The van der Waals surface area contributed by atoms with E-state index in [0.29, 0.717) is 10.5 Å². The maximum atomic E-state index is 11.1. The van der Waals surface area contributed by atoms with Crippen molar-refractivity contribution < 1.29 is 4.92 Å². The Hall–Kier alpha value is -2.67. The van der Waals surface area contributed by atoms with Crippen LogP contribution in [0.4, 0.5) is 10.8 Å². The third-order valence-corrected chi connectivity index (χ3v) is 3.58. The molecule has 0 unspecified atom stereocenters. The number of nitro benzene ring substituents is 1. The van der Waals surface area contributed by atoms with Gasteiger partial charge in [-0.25, -0.2) is 4.98 Å². The van der Waals surface area contributed by atoms with E-state index in [4.69, 9.17) is 5.73 Å². The van der Waals surface area contributed by atoms with E-state index in [1.54, 1.807) is 30.5 Å². The van der Waals surface area contributed by atoms with Crippen molar-refractivity contribution in [2.75, 3.05) is 5.73 Å². The molecule has 0 amide bonds. The number of aromatic nitrogens is 2. The lowest BCUT2D eigenvalue weighted by atomic mass is 10.1. The van der Waals surface area contributed by atoms with Crippen molar-refractivity contribution in [3.8, 4) is 0 Å². The minimum Gasteiger partial charge on any atom is -0.375 e. The zero-order chi connectivity index (χ0) is 14.1. The first kappa shape index (κ1) is 12.4. The fourth-order valence-corrected chi connectivity index (χ4v) is 2.56. The molecule has 2 heterocycles. The zero-order valence-electron chi connectivity index (χ0n) is 10.2. The van der Waals surface area contributed by atoms with Crippen LogP contribution in [0, 0.1) is 10.1 Å². The summed E-state index contributed by atoms with van der Waals surface area (Å²) in [6.45, 7) is 0. The van der Waals surface area contributed by atoms with E-state index in [1.807, 2.05) is 5.38 Å². The standard InChI is InChI=1S/C13H10N4O2S/c14-13-16-9(7-20-13)5-4-8-6-15-10-2-1-3-11(12(8)10)17(18)19/h1-7,15H,(H2,14,16). The van der Waals surface area contributed by atoms with Crippen molar-refractivity contribution in [1.82, 2.24) is 9.97 Å². The van der Waals surface area contributed by atoms with Gasteiger partial charge in [0.2, 0.25) is 0 Å². The molecular formula is C13H10N4O2S. The number of hydrogen-bond donors (Lipinski definition) is 2. The number of nitrogens with one attached hydrogen (secondary N) is 1. The molecule has 6 nitrogen and oxygen atoms in total. The highest BCUT2D eigenvalue weighted by Gasteiger charge is 2.15. The lowest BCUT2D eigenvalue weighted by molar-refractivity contribution is -0.383. The highest BCUT2D eigenvalue weighted by molar-refractivity contribution is 7.13. The SMILES string of the molecule is Nc1nc(C=Cc2c[nH]c3cccc([N+](=O)[O-])c23)cs1. The Balaban J connectivity index is 2.08. The number of nitrogens with zero attached hydrogens (tertiary/aromatic N) is 2. The number of benzene rings is 1. The minimum absolute atomic E-state index is 0.0844. The van der Waals surface area contributed by atoms with Gasteiger partial charge in [-0.15, -0.1) is 11.3 Å². The van der Waals surface area contributed by atoms with Crippen LogP contribution < -0.4 is 5.73 Å². The summed E-state index contributed by atoms with van der Waals surface area (Å²) in [7, 11) is 0. The van der Waals surface area contributed by atoms with Crippen LogP contribution in [0.25, 0.3) is 23.1 Å².